The third-order valence-electron chi connectivity index (χ3n) is 3.59. The van der Waals surface area contributed by atoms with Crippen LogP contribution in [0, 0.1) is 0 Å². The van der Waals surface area contributed by atoms with Gasteiger partial charge in [-0.25, -0.2) is 0 Å². The number of carbonyl (C=O) groups is 2. The predicted molar refractivity (Wildman–Crippen MR) is 105 cm³/mol. The first-order chi connectivity index (χ1) is 12.2. The van der Waals surface area contributed by atoms with Crippen LogP contribution in [0.2, 0.25) is 0 Å². The number of nitrogens with one attached hydrogen (secondary N) is 2. The van der Waals surface area contributed by atoms with E-state index in [2.05, 4.69) is 10.6 Å². The highest BCUT2D eigenvalue weighted by atomic mass is 35.5. The fourth-order valence-corrected chi connectivity index (χ4v) is 2.34. The predicted octanol–water partition coefficient (Wildman–Crippen LogP) is 2.38. The number of rotatable bonds is 8. The maximum absolute atomic E-state index is 12.2. The van der Waals surface area contributed by atoms with E-state index in [4.69, 9.17) is 10.5 Å². The number of hydrogen-bond acceptors (Lipinski definition) is 4. The van der Waals surface area contributed by atoms with Crippen LogP contribution in [0.5, 0.6) is 5.75 Å². The van der Waals surface area contributed by atoms with Crippen molar-refractivity contribution < 1.29 is 14.3 Å². The standard InChI is InChI=1S/C19H23N3O3.ClH/c1-2-14-7-3-6-10-17(14)25-13-18(23)22-16-9-5-4-8-15(16)19(24)21-12-11-20;/h3-10H,2,11-13,20H2,1H3,(H,21,24)(H,22,23);1H. The smallest absolute Gasteiger partial charge is 0.262 e. The van der Waals surface area contributed by atoms with Crippen molar-refractivity contribution in [3.05, 3.63) is 59.7 Å². The minimum atomic E-state index is -0.329. The Morgan fingerprint density at radius 2 is 1.77 bits per heavy atom. The number of halogens is 1. The summed E-state index contributed by atoms with van der Waals surface area (Å²) in [5.74, 6) is 0.0812. The molecule has 2 aromatic carbocycles. The molecule has 0 saturated heterocycles. The number of aryl methyl sites for hydroxylation is 1. The van der Waals surface area contributed by atoms with E-state index in [0.29, 0.717) is 30.1 Å². The van der Waals surface area contributed by atoms with Gasteiger partial charge >= 0.3 is 0 Å². The molecule has 140 valence electrons. The van der Waals surface area contributed by atoms with E-state index >= 15 is 0 Å². The summed E-state index contributed by atoms with van der Waals surface area (Å²) in [5, 5.41) is 5.41. The zero-order valence-electron chi connectivity index (χ0n) is 14.7. The molecule has 0 aliphatic rings. The van der Waals surface area contributed by atoms with Gasteiger partial charge in [0.15, 0.2) is 6.61 Å². The lowest BCUT2D eigenvalue weighted by Gasteiger charge is -2.13. The van der Waals surface area contributed by atoms with Crippen molar-refractivity contribution in [2.24, 2.45) is 5.73 Å². The lowest BCUT2D eigenvalue weighted by molar-refractivity contribution is -0.118. The molecule has 26 heavy (non-hydrogen) atoms. The first-order valence-electron chi connectivity index (χ1n) is 8.23. The van der Waals surface area contributed by atoms with Crippen LogP contribution in [0.25, 0.3) is 0 Å². The highest BCUT2D eigenvalue weighted by Gasteiger charge is 2.13. The molecular formula is C19H24ClN3O3. The van der Waals surface area contributed by atoms with Gasteiger partial charge in [0.2, 0.25) is 0 Å². The summed E-state index contributed by atoms with van der Waals surface area (Å²) in [4.78, 5) is 24.3. The maximum atomic E-state index is 12.2. The van der Waals surface area contributed by atoms with Crippen molar-refractivity contribution in [3.8, 4) is 5.75 Å². The largest absolute Gasteiger partial charge is 0.483 e. The Hall–Kier alpha value is -2.57. The highest BCUT2D eigenvalue weighted by Crippen LogP contribution is 2.19. The van der Waals surface area contributed by atoms with E-state index < -0.39 is 0 Å². The second-order valence-corrected chi connectivity index (χ2v) is 5.39. The summed E-state index contributed by atoms with van der Waals surface area (Å²) in [6.45, 7) is 2.62. The number of nitrogens with two attached hydrogens (primary N) is 1. The molecule has 0 heterocycles. The monoisotopic (exact) mass is 377 g/mol. The second kappa shape index (κ2) is 11.1. The van der Waals surface area contributed by atoms with Gasteiger partial charge in [-0.2, -0.15) is 0 Å². The van der Waals surface area contributed by atoms with Crippen molar-refractivity contribution >= 4 is 29.9 Å². The Bertz CT molecular complexity index is 737. The van der Waals surface area contributed by atoms with Crippen molar-refractivity contribution in [3.63, 3.8) is 0 Å². The summed E-state index contributed by atoms with van der Waals surface area (Å²) in [6, 6.07) is 14.4. The number of amides is 2. The molecule has 0 aromatic heterocycles. The van der Waals surface area contributed by atoms with Crippen molar-refractivity contribution in [2.75, 3.05) is 25.0 Å². The molecule has 2 amide bonds. The van der Waals surface area contributed by atoms with E-state index in [1.807, 2.05) is 31.2 Å². The Labute approximate surface area is 159 Å². The number of para-hydroxylation sites is 2. The van der Waals surface area contributed by atoms with Gasteiger partial charge in [0.1, 0.15) is 5.75 Å². The summed E-state index contributed by atoms with van der Waals surface area (Å²) in [7, 11) is 0. The molecule has 0 saturated carbocycles. The molecule has 2 aromatic rings. The van der Waals surface area contributed by atoms with Gasteiger partial charge in [-0.15, -0.1) is 12.4 Å². The zero-order valence-corrected chi connectivity index (χ0v) is 15.5. The fourth-order valence-electron chi connectivity index (χ4n) is 2.34. The number of anilines is 1. The average molecular weight is 378 g/mol. The third kappa shape index (κ3) is 6.06. The quantitative estimate of drug-likeness (QED) is 0.658. The SMILES string of the molecule is CCc1ccccc1OCC(=O)Nc1ccccc1C(=O)NCCN.Cl. The van der Waals surface area contributed by atoms with E-state index in [1.54, 1.807) is 24.3 Å². The molecule has 0 unspecified atom stereocenters. The highest BCUT2D eigenvalue weighted by molar-refractivity contribution is 6.04. The van der Waals surface area contributed by atoms with Crippen molar-refractivity contribution in [1.29, 1.82) is 0 Å². The molecular weight excluding hydrogens is 354 g/mol. The molecule has 0 radical (unpaired) electrons. The zero-order chi connectivity index (χ0) is 18.1. The molecule has 6 nitrogen and oxygen atoms in total. The van der Waals surface area contributed by atoms with Crippen LogP contribution >= 0.6 is 12.4 Å². The Balaban J connectivity index is 0.00000338. The van der Waals surface area contributed by atoms with Crippen LogP contribution in [0.1, 0.15) is 22.8 Å². The second-order valence-electron chi connectivity index (χ2n) is 5.39. The molecule has 0 bridgehead atoms. The summed E-state index contributed by atoms with van der Waals surface area (Å²) in [6.07, 6.45) is 0.821. The van der Waals surface area contributed by atoms with Gasteiger partial charge in [-0.1, -0.05) is 37.3 Å². The van der Waals surface area contributed by atoms with Crippen LogP contribution in [-0.2, 0) is 11.2 Å². The number of benzene rings is 2. The lowest BCUT2D eigenvalue weighted by atomic mass is 10.1. The molecule has 0 aliphatic carbocycles. The average Bonchev–Trinajstić information content (AvgIpc) is 2.65. The van der Waals surface area contributed by atoms with E-state index in [0.717, 1.165) is 12.0 Å². The topological polar surface area (TPSA) is 93.4 Å². The molecule has 4 N–H and O–H groups in total. The van der Waals surface area contributed by atoms with Gasteiger partial charge in [0, 0.05) is 13.1 Å². The normalized spacial score (nSPS) is 9.77. The summed E-state index contributed by atoms with van der Waals surface area (Å²) >= 11 is 0. The van der Waals surface area contributed by atoms with Gasteiger partial charge in [0.05, 0.1) is 11.3 Å². The molecule has 0 atom stereocenters. The van der Waals surface area contributed by atoms with Gasteiger partial charge < -0.3 is 21.1 Å². The number of ether oxygens (including phenoxy) is 1. The molecule has 0 fully saturated rings. The van der Waals surface area contributed by atoms with Crippen LogP contribution in [0.15, 0.2) is 48.5 Å². The van der Waals surface area contributed by atoms with Crippen molar-refractivity contribution in [2.45, 2.75) is 13.3 Å². The lowest BCUT2D eigenvalue weighted by Crippen LogP contribution is -2.30. The van der Waals surface area contributed by atoms with E-state index in [9.17, 15) is 9.59 Å². The molecule has 2 rings (SSSR count). The van der Waals surface area contributed by atoms with Gasteiger partial charge in [-0.05, 0) is 30.2 Å². The third-order valence-corrected chi connectivity index (χ3v) is 3.59. The summed E-state index contributed by atoms with van der Waals surface area (Å²) in [5.41, 5.74) is 7.26. The minimum Gasteiger partial charge on any atom is -0.483 e. The molecule has 0 spiro atoms. The van der Waals surface area contributed by atoms with E-state index in [1.165, 1.54) is 0 Å². The number of hydrogen-bond donors (Lipinski definition) is 3. The minimum absolute atomic E-state index is 0. The van der Waals surface area contributed by atoms with E-state index in [-0.39, 0.29) is 30.8 Å². The Morgan fingerprint density at radius 1 is 1.08 bits per heavy atom. The Morgan fingerprint density at radius 3 is 2.50 bits per heavy atom. The van der Waals surface area contributed by atoms with Gasteiger partial charge in [-0.3, -0.25) is 9.59 Å². The molecule has 7 heteroatoms. The van der Waals surface area contributed by atoms with Crippen molar-refractivity contribution in [1.82, 2.24) is 5.32 Å². The van der Waals surface area contributed by atoms with Crippen LogP contribution in [-0.4, -0.2) is 31.5 Å². The first-order valence-corrected chi connectivity index (χ1v) is 8.23. The van der Waals surface area contributed by atoms with Crippen LogP contribution < -0.4 is 21.1 Å². The fraction of sp³-hybridized carbons (Fsp3) is 0.263. The Kier molecular flexibility index (Phi) is 9.19. The maximum Gasteiger partial charge on any atom is 0.262 e. The first kappa shape index (κ1) is 21.5. The molecule has 0 aliphatic heterocycles. The number of carbonyl (C=O) groups excluding carboxylic acids is 2. The summed E-state index contributed by atoms with van der Waals surface area (Å²) < 4.78 is 5.60. The van der Waals surface area contributed by atoms with Crippen LogP contribution in [0.4, 0.5) is 5.69 Å². The van der Waals surface area contributed by atoms with Gasteiger partial charge in [0.25, 0.3) is 11.8 Å². The van der Waals surface area contributed by atoms with Crippen LogP contribution in [0.3, 0.4) is 0 Å².